The molecule has 0 fully saturated rings. The molecule has 1 aromatic carbocycles. The number of benzene rings is 1. The van der Waals surface area contributed by atoms with E-state index in [-0.39, 0.29) is 10.8 Å². The monoisotopic (exact) mass is 394 g/mol. The number of hydrogen-bond donors (Lipinski definition) is 0. The predicted molar refractivity (Wildman–Crippen MR) is 101 cm³/mol. The molecule has 1 aromatic heterocycles. The highest BCUT2D eigenvalue weighted by Gasteiger charge is 2.30. The Kier molecular flexibility index (Phi) is 5.40. The van der Waals surface area contributed by atoms with Gasteiger partial charge in [-0.25, -0.2) is 8.42 Å². The number of aromatic nitrogens is 2. The Labute approximate surface area is 157 Å². The number of nitrogens with zero attached hydrogens (tertiary/aromatic N) is 4. The first-order valence-corrected chi connectivity index (χ1v) is 10.9. The Hall–Kier alpha value is -1.84. The van der Waals surface area contributed by atoms with Gasteiger partial charge in [0.25, 0.3) is 5.91 Å². The van der Waals surface area contributed by atoms with Gasteiger partial charge in [-0.15, -0.1) is 5.10 Å². The lowest BCUT2D eigenvalue weighted by Crippen LogP contribution is -2.30. The maximum atomic E-state index is 12.9. The summed E-state index contributed by atoms with van der Waals surface area (Å²) in [6.45, 7) is 6.98. The van der Waals surface area contributed by atoms with Gasteiger partial charge in [0.2, 0.25) is 10.0 Å². The molecule has 2 heterocycles. The van der Waals surface area contributed by atoms with Crippen LogP contribution in [0.15, 0.2) is 23.1 Å². The molecular weight excluding hydrogens is 372 g/mol. The van der Waals surface area contributed by atoms with Gasteiger partial charge in [0, 0.05) is 25.3 Å². The number of sulfonamides is 1. The average molecular weight is 395 g/mol. The van der Waals surface area contributed by atoms with Crippen molar-refractivity contribution >= 4 is 33.2 Å². The molecule has 0 unspecified atom stereocenters. The van der Waals surface area contributed by atoms with Crippen molar-refractivity contribution < 1.29 is 13.2 Å². The molecule has 3 rings (SSSR count). The molecule has 0 spiro atoms. The lowest BCUT2D eigenvalue weighted by atomic mass is 10.2. The third-order valence-corrected chi connectivity index (χ3v) is 7.42. The van der Waals surface area contributed by atoms with Gasteiger partial charge < -0.3 is 4.90 Å². The van der Waals surface area contributed by atoms with Gasteiger partial charge in [0.15, 0.2) is 0 Å². The quantitative estimate of drug-likeness (QED) is 0.751. The first-order chi connectivity index (χ1) is 12.4. The minimum atomic E-state index is -3.50. The van der Waals surface area contributed by atoms with Gasteiger partial charge in [0.1, 0.15) is 4.88 Å². The molecule has 7 nitrogen and oxygen atoms in total. The summed E-state index contributed by atoms with van der Waals surface area (Å²) in [5, 5.41) is 4.00. The van der Waals surface area contributed by atoms with Gasteiger partial charge in [-0.2, -0.15) is 4.31 Å². The third kappa shape index (κ3) is 3.15. The second-order valence-electron chi connectivity index (χ2n) is 5.99. The van der Waals surface area contributed by atoms with E-state index in [4.69, 9.17) is 0 Å². The molecule has 2 aromatic rings. The van der Waals surface area contributed by atoms with Crippen LogP contribution < -0.4 is 4.90 Å². The second-order valence-corrected chi connectivity index (χ2v) is 8.68. The van der Waals surface area contributed by atoms with Gasteiger partial charge in [-0.05, 0) is 48.1 Å². The molecule has 1 aliphatic heterocycles. The summed E-state index contributed by atoms with van der Waals surface area (Å²) in [5.74, 6) is -0.116. The van der Waals surface area contributed by atoms with Crippen molar-refractivity contribution in [2.24, 2.45) is 0 Å². The van der Waals surface area contributed by atoms with E-state index in [0.717, 1.165) is 22.8 Å². The van der Waals surface area contributed by atoms with Crippen LogP contribution in [0.1, 0.15) is 41.7 Å². The summed E-state index contributed by atoms with van der Waals surface area (Å²) in [6, 6.07) is 5.02. The molecule has 1 amide bonds. The van der Waals surface area contributed by atoms with Gasteiger partial charge in [-0.3, -0.25) is 4.79 Å². The molecule has 0 saturated heterocycles. The van der Waals surface area contributed by atoms with Crippen molar-refractivity contribution in [3.8, 4) is 0 Å². The Morgan fingerprint density at radius 1 is 1.27 bits per heavy atom. The number of carbonyl (C=O) groups excluding carboxylic acids is 1. The normalized spacial score (nSPS) is 14.1. The molecule has 0 saturated carbocycles. The molecule has 0 bridgehead atoms. The van der Waals surface area contributed by atoms with E-state index in [1.54, 1.807) is 23.1 Å². The topological polar surface area (TPSA) is 83.5 Å². The minimum absolute atomic E-state index is 0.116. The van der Waals surface area contributed by atoms with Crippen LogP contribution in [0.4, 0.5) is 5.69 Å². The predicted octanol–water partition coefficient (Wildman–Crippen LogP) is 2.33. The summed E-state index contributed by atoms with van der Waals surface area (Å²) in [4.78, 5) is 15.4. The van der Waals surface area contributed by atoms with E-state index in [1.807, 2.05) is 20.8 Å². The largest absolute Gasteiger partial charge is 0.307 e. The maximum absolute atomic E-state index is 12.9. The smallest absolute Gasteiger partial charge is 0.271 e. The van der Waals surface area contributed by atoms with E-state index < -0.39 is 10.0 Å². The molecule has 26 heavy (non-hydrogen) atoms. The molecule has 0 atom stereocenters. The van der Waals surface area contributed by atoms with Gasteiger partial charge in [0.05, 0.1) is 10.6 Å². The van der Waals surface area contributed by atoms with Crippen molar-refractivity contribution in [1.82, 2.24) is 13.9 Å². The molecule has 9 heteroatoms. The van der Waals surface area contributed by atoms with Crippen LogP contribution in [0.2, 0.25) is 0 Å². The van der Waals surface area contributed by atoms with E-state index in [2.05, 4.69) is 9.59 Å². The maximum Gasteiger partial charge on any atom is 0.271 e. The first-order valence-electron chi connectivity index (χ1n) is 8.70. The van der Waals surface area contributed by atoms with Crippen LogP contribution in [0.25, 0.3) is 0 Å². The fraction of sp³-hybridized carbons (Fsp3) is 0.471. The Morgan fingerprint density at radius 2 is 2.00 bits per heavy atom. The van der Waals surface area contributed by atoms with Gasteiger partial charge in [-0.1, -0.05) is 25.3 Å². The molecule has 0 N–H and O–H groups in total. The Balaban J connectivity index is 1.93. The first kappa shape index (κ1) is 18.9. The Bertz CT molecular complexity index is 920. The van der Waals surface area contributed by atoms with Crippen molar-refractivity contribution in [3.63, 3.8) is 0 Å². The minimum Gasteiger partial charge on any atom is -0.307 e. The van der Waals surface area contributed by atoms with Crippen molar-refractivity contribution in [3.05, 3.63) is 34.3 Å². The fourth-order valence-corrected chi connectivity index (χ4v) is 5.40. The van der Waals surface area contributed by atoms with Crippen LogP contribution in [-0.4, -0.2) is 47.9 Å². The van der Waals surface area contributed by atoms with Crippen LogP contribution >= 0.6 is 11.5 Å². The number of amides is 1. The molecule has 1 aliphatic rings. The Morgan fingerprint density at radius 3 is 2.65 bits per heavy atom. The summed E-state index contributed by atoms with van der Waals surface area (Å²) in [5.41, 5.74) is 2.35. The number of carbonyl (C=O) groups is 1. The summed E-state index contributed by atoms with van der Waals surface area (Å²) in [6.07, 6.45) is 1.29. The van der Waals surface area contributed by atoms with E-state index >= 15 is 0 Å². The van der Waals surface area contributed by atoms with E-state index in [0.29, 0.717) is 43.0 Å². The number of fused-ring (bicyclic) bond motifs is 1. The van der Waals surface area contributed by atoms with Crippen LogP contribution in [0, 0.1) is 0 Å². The molecule has 0 radical (unpaired) electrons. The number of rotatable bonds is 6. The summed E-state index contributed by atoms with van der Waals surface area (Å²) < 4.78 is 30.7. The lowest BCUT2D eigenvalue weighted by molar-refractivity contribution is 0.0992. The summed E-state index contributed by atoms with van der Waals surface area (Å²) >= 11 is 1.11. The SMILES string of the molecule is CCc1nnsc1C(=O)N1CCc2cc(S(=O)(=O)N(CC)CC)ccc21. The molecular formula is C17H22N4O3S2. The number of aryl methyl sites for hydroxylation is 1. The highest BCUT2D eigenvalue weighted by molar-refractivity contribution is 7.89. The van der Waals surface area contributed by atoms with Crippen LogP contribution in [0.3, 0.4) is 0 Å². The second kappa shape index (κ2) is 7.42. The summed E-state index contributed by atoms with van der Waals surface area (Å²) in [7, 11) is -3.50. The van der Waals surface area contributed by atoms with Crippen LogP contribution in [-0.2, 0) is 22.9 Å². The van der Waals surface area contributed by atoms with Crippen molar-refractivity contribution in [2.45, 2.75) is 38.5 Å². The van der Waals surface area contributed by atoms with E-state index in [1.165, 1.54) is 4.31 Å². The highest BCUT2D eigenvalue weighted by Crippen LogP contribution is 2.33. The average Bonchev–Trinajstić information content (AvgIpc) is 3.28. The van der Waals surface area contributed by atoms with Crippen molar-refractivity contribution in [2.75, 3.05) is 24.5 Å². The van der Waals surface area contributed by atoms with Crippen molar-refractivity contribution in [1.29, 1.82) is 0 Å². The third-order valence-electron chi connectivity index (χ3n) is 4.62. The zero-order valence-corrected chi connectivity index (χ0v) is 16.7. The zero-order valence-electron chi connectivity index (χ0n) is 15.1. The fourth-order valence-electron chi connectivity index (χ4n) is 3.19. The molecule has 0 aliphatic carbocycles. The standard InChI is InChI=1S/C17H22N4O3S2/c1-4-14-16(25-19-18-14)17(22)21-10-9-12-11-13(7-8-15(12)21)26(23,24)20(5-2)6-3/h7-8,11H,4-6,9-10H2,1-3H3. The number of anilines is 1. The van der Waals surface area contributed by atoms with E-state index in [9.17, 15) is 13.2 Å². The highest BCUT2D eigenvalue weighted by atomic mass is 32.2. The van der Waals surface area contributed by atoms with Gasteiger partial charge >= 0.3 is 0 Å². The lowest BCUT2D eigenvalue weighted by Gasteiger charge is -2.20. The number of hydrogen-bond acceptors (Lipinski definition) is 6. The van der Waals surface area contributed by atoms with Crippen LogP contribution in [0.5, 0.6) is 0 Å². The molecule has 140 valence electrons. The zero-order chi connectivity index (χ0) is 18.9.